The molecule has 0 aliphatic heterocycles. The Morgan fingerprint density at radius 1 is 0.571 bits per heavy atom. The van der Waals surface area contributed by atoms with E-state index in [1.54, 1.807) is 0 Å². The maximum atomic E-state index is 5.05. The zero-order valence-electron chi connectivity index (χ0n) is 28.5. The minimum atomic E-state index is -0.861. The van der Waals surface area contributed by atoms with Gasteiger partial charge in [-0.2, -0.15) is 0 Å². The van der Waals surface area contributed by atoms with Crippen LogP contribution in [-0.4, -0.2) is 36.2 Å². The number of rotatable bonds is 8. The molecule has 3 aromatic rings. The second-order valence-corrected chi connectivity index (χ2v) is 31.7. The summed E-state index contributed by atoms with van der Waals surface area (Å²) in [5, 5.41) is 12.7. The van der Waals surface area contributed by atoms with Crippen molar-refractivity contribution in [2.75, 3.05) is 0 Å². The first-order valence-corrected chi connectivity index (χ1v) is 27.1. The normalized spacial score (nSPS) is 12.0. The molecule has 0 spiro atoms. The van der Waals surface area contributed by atoms with Crippen molar-refractivity contribution in [2.24, 2.45) is 0 Å². The molecule has 234 valence electrons. The third kappa shape index (κ3) is 29.6. The standard InChI is InChI=1S/C23H25N2P.3C4H11Si.Hf/c1-19(2)25-23(24-18-20-12-6-3-7-13-20)26(21-14-8-4-9-15-21)22-16-10-5-11-17-22;3*1-5(2,3)4;/h3-17,19,23H,18H2,1-2H3;3*1H2,2-4H3;/q-2;3*-1;. The van der Waals surface area contributed by atoms with Gasteiger partial charge in [-0.15, -0.1) is 36.8 Å². The first kappa shape index (κ1) is 43.7. The Hall–Kier alpha value is -0.469. The molecule has 3 rings (SSSR count). The van der Waals surface area contributed by atoms with Gasteiger partial charge >= 0.3 is 0 Å². The first-order valence-electron chi connectivity index (χ1n) is 14.6. The fourth-order valence-corrected chi connectivity index (χ4v) is 5.29. The summed E-state index contributed by atoms with van der Waals surface area (Å²) in [4.78, 5) is 0. The van der Waals surface area contributed by atoms with Gasteiger partial charge in [-0.1, -0.05) is 177 Å². The molecule has 0 saturated heterocycles. The van der Waals surface area contributed by atoms with Crippen molar-refractivity contribution < 1.29 is 25.8 Å². The van der Waals surface area contributed by atoms with E-state index in [0.29, 0.717) is 6.54 Å². The molecule has 42 heavy (non-hydrogen) atoms. The van der Waals surface area contributed by atoms with E-state index in [4.69, 9.17) is 10.6 Å². The summed E-state index contributed by atoms with van der Waals surface area (Å²) in [5.41, 5.74) is 1.23. The van der Waals surface area contributed by atoms with Crippen molar-refractivity contribution in [3.05, 3.63) is 127 Å². The van der Waals surface area contributed by atoms with Gasteiger partial charge in [0.15, 0.2) is 0 Å². The van der Waals surface area contributed by atoms with Crippen LogP contribution >= 0.6 is 7.92 Å². The second kappa shape index (κ2) is 22.1. The second-order valence-electron chi connectivity index (χ2n) is 14.1. The minimum Gasteiger partial charge on any atom is -0.671 e. The number of benzene rings is 3. The molecular formula is C35H58HfN2PSi3-5. The summed E-state index contributed by atoms with van der Waals surface area (Å²) < 4.78 is 0. The number of nitrogens with zero attached hydrogens (tertiary/aromatic N) is 2. The number of hydrogen-bond acceptors (Lipinski definition) is 0. The van der Waals surface area contributed by atoms with Crippen molar-refractivity contribution in [1.82, 2.24) is 0 Å². The monoisotopic (exact) mass is 801 g/mol. The maximum absolute atomic E-state index is 5.05. The average molecular weight is 801 g/mol. The predicted octanol–water partition coefficient (Wildman–Crippen LogP) is 10.9. The van der Waals surface area contributed by atoms with Crippen LogP contribution in [-0.2, 0) is 32.4 Å². The Morgan fingerprint density at radius 3 is 1.14 bits per heavy atom. The van der Waals surface area contributed by atoms with Crippen LogP contribution in [0.4, 0.5) is 0 Å². The van der Waals surface area contributed by atoms with Crippen molar-refractivity contribution in [3.8, 4) is 0 Å². The molecule has 0 saturated carbocycles. The molecule has 0 fully saturated rings. The molecular weight excluding hydrogens is 742 g/mol. The topological polar surface area (TPSA) is 28.2 Å². The zero-order valence-corrected chi connectivity index (χ0v) is 36.0. The van der Waals surface area contributed by atoms with Gasteiger partial charge in [0, 0.05) is 25.8 Å². The van der Waals surface area contributed by atoms with E-state index in [1.165, 1.54) is 16.2 Å². The van der Waals surface area contributed by atoms with Crippen molar-refractivity contribution in [3.63, 3.8) is 0 Å². The van der Waals surface area contributed by atoms with Crippen LogP contribution in [0, 0.1) is 19.6 Å². The van der Waals surface area contributed by atoms with Crippen LogP contribution in [0.5, 0.6) is 0 Å². The third-order valence-corrected chi connectivity index (χ3v) is 6.48. The van der Waals surface area contributed by atoms with Gasteiger partial charge < -0.3 is 30.3 Å². The van der Waals surface area contributed by atoms with Crippen LogP contribution in [0.3, 0.4) is 0 Å². The molecule has 0 radical (unpaired) electrons. The Labute approximate surface area is 284 Å². The van der Waals surface area contributed by atoms with Crippen molar-refractivity contribution >= 4 is 42.8 Å². The van der Waals surface area contributed by atoms with Gasteiger partial charge in [0.2, 0.25) is 0 Å². The quantitative estimate of drug-likeness (QED) is 0.123. The van der Waals surface area contributed by atoms with E-state index in [1.807, 2.05) is 6.07 Å². The van der Waals surface area contributed by atoms with Gasteiger partial charge in [0.25, 0.3) is 0 Å². The summed E-state index contributed by atoms with van der Waals surface area (Å²) in [6.07, 6.45) is 0. The molecule has 0 N–H and O–H groups in total. The van der Waals surface area contributed by atoms with E-state index in [9.17, 15) is 0 Å². The molecule has 0 amide bonds. The van der Waals surface area contributed by atoms with E-state index in [-0.39, 0.29) is 37.8 Å². The molecule has 0 heterocycles. The molecule has 0 aliphatic carbocycles. The molecule has 7 heteroatoms. The summed E-state index contributed by atoms with van der Waals surface area (Å²) in [7, 11) is -3.26. The average Bonchev–Trinajstić information content (AvgIpc) is 2.81. The summed E-state index contributed by atoms with van der Waals surface area (Å²) >= 11 is 0. The fourth-order valence-electron chi connectivity index (χ4n) is 2.83. The van der Waals surface area contributed by atoms with Crippen LogP contribution in [0.25, 0.3) is 10.6 Å². The fraction of sp³-hybridized carbons (Fsp3) is 0.400. The molecule has 1 atom stereocenters. The van der Waals surface area contributed by atoms with Gasteiger partial charge in [-0.3, -0.25) is 0 Å². The van der Waals surface area contributed by atoms with Crippen molar-refractivity contribution in [2.45, 2.75) is 91.3 Å². The van der Waals surface area contributed by atoms with Gasteiger partial charge in [0.1, 0.15) is 0 Å². The predicted molar refractivity (Wildman–Crippen MR) is 201 cm³/mol. The minimum absolute atomic E-state index is 0. The Balaban J connectivity index is 0. The molecule has 1 unspecified atom stereocenters. The Morgan fingerprint density at radius 2 is 0.857 bits per heavy atom. The molecule has 3 aromatic carbocycles. The summed E-state index contributed by atoms with van der Waals surface area (Å²) in [6.45, 7) is 36.6. The largest absolute Gasteiger partial charge is 0.671 e. The first-order chi connectivity index (χ1) is 18.7. The van der Waals surface area contributed by atoms with Gasteiger partial charge in [0.05, 0.1) is 0 Å². The van der Waals surface area contributed by atoms with E-state index >= 15 is 0 Å². The third-order valence-electron chi connectivity index (χ3n) is 4.01. The smallest absolute Gasteiger partial charge is 0 e. The maximum Gasteiger partial charge on any atom is 0 e. The Kier molecular flexibility index (Phi) is 23.0. The molecule has 0 bridgehead atoms. The van der Waals surface area contributed by atoms with Crippen LogP contribution in [0.2, 0.25) is 58.9 Å². The van der Waals surface area contributed by atoms with E-state index in [2.05, 4.69) is 177 Å². The van der Waals surface area contributed by atoms with Gasteiger partial charge in [-0.25, -0.2) is 5.91 Å². The van der Waals surface area contributed by atoms with Crippen LogP contribution in [0.1, 0.15) is 19.4 Å². The van der Waals surface area contributed by atoms with Crippen LogP contribution in [0.15, 0.2) is 91.0 Å². The molecule has 0 aliphatic rings. The summed E-state index contributed by atoms with van der Waals surface area (Å²) in [5.74, 6) is -0.0463. The Bertz CT molecular complexity index is 947. The van der Waals surface area contributed by atoms with E-state index in [0.717, 1.165) is 0 Å². The van der Waals surface area contributed by atoms with Crippen LogP contribution < -0.4 is 10.6 Å². The number of hydrogen-bond donors (Lipinski definition) is 0. The van der Waals surface area contributed by atoms with Gasteiger partial charge in [-0.05, 0) is 10.6 Å². The van der Waals surface area contributed by atoms with E-state index < -0.39 is 32.1 Å². The van der Waals surface area contributed by atoms with Crippen molar-refractivity contribution in [1.29, 1.82) is 0 Å². The molecule has 0 aromatic heterocycles. The summed E-state index contributed by atoms with van der Waals surface area (Å²) in [6, 6.07) is 32.1. The SMILES string of the molecule is CC(C)[N-]C([N-]Cc1ccccc1)P(c1ccccc1)c1ccccc1.[CH2-][Si](C)(C)C.[CH2-][Si](C)(C)C.[CH2-][Si](C)(C)C.[Hf]. The molecule has 2 nitrogen and oxygen atoms in total. The zero-order chi connectivity index (χ0) is 31.7.